The maximum Gasteiger partial charge on any atom is 0.269 e. The maximum atomic E-state index is 15.6. The number of benzene rings is 2. The number of halogens is 5. The molecule has 0 saturated carbocycles. The molecular weight excluding hydrogens is 564 g/mol. The fourth-order valence-corrected chi connectivity index (χ4v) is 5.62. The molecule has 0 unspecified atom stereocenters. The summed E-state index contributed by atoms with van der Waals surface area (Å²) in [6.45, 7) is -0.767. The van der Waals surface area contributed by atoms with Crippen LogP contribution in [0.5, 0.6) is 0 Å². The van der Waals surface area contributed by atoms with Crippen molar-refractivity contribution in [1.82, 2.24) is 9.88 Å². The van der Waals surface area contributed by atoms with E-state index in [1.165, 1.54) is 6.34 Å². The van der Waals surface area contributed by atoms with Crippen LogP contribution in [0.4, 0.5) is 28.4 Å². The lowest BCUT2D eigenvalue weighted by Crippen LogP contribution is -2.34. The zero-order chi connectivity index (χ0) is 25.2. The van der Waals surface area contributed by atoms with Gasteiger partial charge in [0.15, 0.2) is 5.82 Å². The molecule has 7 nitrogen and oxygen atoms in total. The number of methoxy groups -OCH3 is 1. The normalized spacial score (nSPS) is 11.9. The highest BCUT2D eigenvalue weighted by Gasteiger charge is 2.33. The second kappa shape index (κ2) is 10.4. The van der Waals surface area contributed by atoms with E-state index in [0.717, 1.165) is 36.6 Å². The van der Waals surface area contributed by atoms with Crippen LogP contribution in [0.15, 0.2) is 44.0 Å². The number of hydrogen-bond donors (Lipinski definition) is 0. The van der Waals surface area contributed by atoms with Gasteiger partial charge in [0.25, 0.3) is 10.0 Å². The van der Waals surface area contributed by atoms with E-state index in [0.29, 0.717) is 16.4 Å². The topological polar surface area (TPSA) is 75.1 Å². The summed E-state index contributed by atoms with van der Waals surface area (Å²) in [5, 5.41) is 0.183. The van der Waals surface area contributed by atoms with Gasteiger partial charge in [0.1, 0.15) is 38.6 Å². The summed E-state index contributed by atoms with van der Waals surface area (Å²) in [7, 11) is -0.282. The van der Waals surface area contributed by atoms with Crippen LogP contribution >= 0.6 is 27.3 Å². The zero-order valence-electron chi connectivity index (χ0n) is 17.9. The average Bonchev–Trinajstić information content (AvgIpc) is 3.13. The number of aromatic nitrogens is 1. The van der Waals surface area contributed by atoms with Crippen molar-refractivity contribution in [2.45, 2.75) is 4.90 Å². The monoisotopic (exact) mass is 580 g/mol. The Morgan fingerprint density at radius 3 is 2.47 bits per heavy atom. The van der Waals surface area contributed by atoms with Gasteiger partial charge >= 0.3 is 0 Å². The van der Waals surface area contributed by atoms with Crippen molar-refractivity contribution in [2.75, 3.05) is 32.2 Å². The summed E-state index contributed by atoms with van der Waals surface area (Å²) in [6, 6.07) is 3.51. The number of sulfonamides is 1. The molecule has 0 aliphatic carbocycles. The Morgan fingerprint density at radius 1 is 1.15 bits per heavy atom. The van der Waals surface area contributed by atoms with Crippen LogP contribution in [-0.4, -0.2) is 52.6 Å². The van der Waals surface area contributed by atoms with E-state index in [4.69, 9.17) is 4.74 Å². The SMILES string of the molecule is COCN(c1ccc(F)c(-c2nc(N=CN(C)C)sc2Br)c1F)S(=O)(=O)c1cc(F)ccc1F. The number of rotatable bonds is 8. The molecule has 0 saturated heterocycles. The van der Waals surface area contributed by atoms with Crippen LogP contribution in [-0.2, 0) is 14.8 Å². The van der Waals surface area contributed by atoms with Crippen LogP contribution in [0.25, 0.3) is 11.3 Å². The molecule has 1 aromatic heterocycles. The smallest absolute Gasteiger partial charge is 0.269 e. The van der Waals surface area contributed by atoms with Crippen molar-refractivity contribution in [3.63, 3.8) is 0 Å². The molecule has 0 amide bonds. The van der Waals surface area contributed by atoms with Gasteiger partial charge in [-0.2, -0.15) is 0 Å². The first-order chi connectivity index (χ1) is 16.0. The van der Waals surface area contributed by atoms with Crippen LogP contribution in [0.2, 0.25) is 0 Å². The first-order valence-electron chi connectivity index (χ1n) is 9.29. The fraction of sp³-hybridized carbons (Fsp3) is 0.200. The predicted octanol–water partition coefficient (Wildman–Crippen LogP) is 5.15. The van der Waals surface area contributed by atoms with E-state index >= 15 is 4.39 Å². The summed E-state index contributed by atoms with van der Waals surface area (Å²) < 4.78 is 90.1. The van der Waals surface area contributed by atoms with Gasteiger partial charge in [0.05, 0.1) is 17.6 Å². The van der Waals surface area contributed by atoms with Crippen LogP contribution in [0.1, 0.15) is 0 Å². The molecular formula is C20H17BrF4N4O3S2. The molecule has 0 radical (unpaired) electrons. The quantitative estimate of drug-likeness (QED) is 0.159. The van der Waals surface area contributed by atoms with Crippen molar-refractivity contribution in [2.24, 2.45) is 4.99 Å². The van der Waals surface area contributed by atoms with Crippen molar-refractivity contribution in [3.8, 4) is 11.3 Å². The standard InChI is InChI=1S/C20H17BrF4N4O3S2/c1-28(2)9-26-20-27-18(19(21)33-20)16-13(24)6-7-14(17(16)25)29(10-32-3)34(30,31)15-8-11(22)4-5-12(15)23/h4-9H,10H2,1-3H3. The molecule has 0 atom stereocenters. The van der Waals surface area contributed by atoms with Gasteiger partial charge in [-0.3, -0.25) is 0 Å². The van der Waals surface area contributed by atoms with Gasteiger partial charge in [-0.1, -0.05) is 11.3 Å². The first kappa shape index (κ1) is 26.1. The number of aliphatic imine (C=N–C) groups is 1. The minimum atomic E-state index is -4.85. The van der Waals surface area contributed by atoms with Gasteiger partial charge in [-0.15, -0.1) is 0 Å². The molecule has 0 N–H and O–H groups in total. The van der Waals surface area contributed by atoms with Gasteiger partial charge < -0.3 is 9.64 Å². The van der Waals surface area contributed by atoms with Crippen molar-refractivity contribution < 1.29 is 30.7 Å². The van der Waals surface area contributed by atoms with Gasteiger partial charge in [-0.25, -0.2) is 40.3 Å². The Bertz CT molecular complexity index is 1350. The van der Waals surface area contributed by atoms with E-state index in [9.17, 15) is 21.6 Å². The third kappa shape index (κ3) is 5.24. The number of thiazole rings is 1. The molecule has 2 aromatic carbocycles. The average molecular weight is 581 g/mol. The van der Waals surface area contributed by atoms with Crippen LogP contribution in [0.3, 0.4) is 0 Å². The van der Waals surface area contributed by atoms with E-state index < -0.39 is 56.2 Å². The summed E-state index contributed by atoms with van der Waals surface area (Å²) >= 11 is 4.20. The molecule has 0 aliphatic rings. The lowest BCUT2D eigenvalue weighted by atomic mass is 10.1. The molecule has 0 bridgehead atoms. The second-order valence-electron chi connectivity index (χ2n) is 6.93. The largest absolute Gasteiger partial charge is 0.369 e. The molecule has 0 fully saturated rings. The Balaban J connectivity index is 2.19. The highest BCUT2D eigenvalue weighted by atomic mass is 79.9. The van der Waals surface area contributed by atoms with Crippen molar-refractivity contribution in [3.05, 3.63) is 57.4 Å². The highest BCUT2D eigenvalue weighted by molar-refractivity contribution is 9.11. The van der Waals surface area contributed by atoms with Crippen LogP contribution < -0.4 is 4.31 Å². The minimum absolute atomic E-state index is 0.153. The highest BCUT2D eigenvalue weighted by Crippen LogP contribution is 2.41. The molecule has 182 valence electrons. The van der Waals surface area contributed by atoms with E-state index in [2.05, 4.69) is 25.9 Å². The Hall–Kier alpha value is -2.55. The number of nitrogens with zero attached hydrogens (tertiary/aromatic N) is 4. The molecule has 1 heterocycles. The van der Waals surface area contributed by atoms with Crippen molar-refractivity contribution in [1.29, 1.82) is 0 Å². The molecule has 3 aromatic rings. The first-order valence-corrected chi connectivity index (χ1v) is 12.3. The van der Waals surface area contributed by atoms with Crippen molar-refractivity contribution >= 4 is 54.4 Å². The number of hydrogen-bond acceptors (Lipinski definition) is 6. The van der Waals surface area contributed by atoms with E-state index in [1.54, 1.807) is 19.0 Å². The predicted molar refractivity (Wildman–Crippen MR) is 125 cm³/mol. The summed E-state index contributed by atoms with van der Waals surface area (Å²) in [4.78, 5) is 8.81. The molecule has 34 heavy (non-hydrogen) atoms. The van der Waals surface area contributed by atoms with E-state index in [-0.39, 0.29) is 14.6 Å². The Morgan fingerprint density at radius 2 is 1.82 bits per heavy atom. The Kier molecular flexibility index (Phi) is 7.95. The lowest BCUT2D eigenvalue weighted by Gasteiger charge is -2.25. The summed E-state index contributed by atoms with van der Waals surface area (Å²) in [5.74, 6) is -4.60. The molecule has 0 aliphatic heterocycles. The second-order valence-corrected chi connectivity index (χ2v) is 11.1. The fourth-order valence-electron chi connectivity index (χ4n) is 2.80. The zero-order valence-corrected chi connectivity index (χ0v) is 21.1. The maximum absolute atomic E-state index is 15.6. The lowest BCUT2D eigenvalue weighted by molar-refractivity contribution is 0.209. The Labute approximate surface area is 205 Å². The van der Waals surface area contributed by atoms with Gasteiger partial charge in [-0.05, 0) is 46.3 Å². The summed E-state index contributed by atoms with van der Waals surface area (Å²) in [5.41, 5.74) is -1.44. The number of ether oxygens (including phenoxy) is 1. The minimum Gasteiger partial charge on any atom is -0.369 e. The molecule has 0 spiro atoms. The van der Waals surface area contributed by atoms with Gasteiger partial charge in [0, 0.05) is 21.2 Å². The molecule has 3 rings (SSSR count). The van der Waals surface area contributed by atoms with E-state index in [1.807, 2.05) is 0 Å². The third-order valence-corrected chi connectivity index (χ3v) is 7.62. The number of anilines is 1. The van der Waals surface area contributed by atoms with Crippen LogP contribution in [0, 0.1) is 23.3 Å². The third-order valence-electron chi connectivity index (χ3n) is 4.26. The molecule has 14 heteroatoms. The van der Waals surface area contributed by atoms with Gasteiger partial charge in [0.2, 0.25) is 5.13 Å². The summed E-state index contributed by atoms with van der Waals surface area (Å²) in [6.07, 6.45) is 1.44.